The van der Waals surface area contributed by atoms with Crippen LogP contribution in [-0.2, 0) is 11.2 Å². The fourth-order valence-electron chi connectivity index (χ4n) is 2.18. The molecule has 0 amide bonds. The third-order valence-corrected chi connectivity index (χ3v) is 3.28. The van der Waals surface area contributed by atoms with Crippen LogP contribution in [0.2, 0.25) is 0 Å². The van der Waals surface area contributed by atoms with Crippen molar-refractivity contribution in [3.05, 3.63) is 29.6 Å². The lowest BCUT2D eigenvalue weighted by Crippen LogP contribution is -2.30. The Morgan fingerprint density at radius 2 is 2.22 bits per heavy atom. The summed E-state index contributed by atoms with van der Waals surface area (Å²) in [5, 5.41) is 0. The van der Waals surface area contributed by atoms with Crippen molar-refractivity contribution >= 4 is 5.69 Å². The van der Waals surface area contributed by atoms with Gasteiger partial charge in [-0.3, -0.25) is 0 Å². The molecule has 1 saturated carbocycles. The second-order valence-corrected chi connectivity index (χ2v) is 4.74. The number of methoxy groups -OCH3 is 1. The van der Waals surface area contributed by atoms with E-state index >= 15 is 0 Å². The average Bonchev–Trinajstić information content (AvgIpc) is 3.17. The Morgan fingerprint density at radius 3 is 2.78 bits per heavy atom. The molecule has 1 aromatic rings. The summed E-state index contributed by atoms with van der Waals surface area (Å²) in [6.07, 6.45) is 3.01. The number of hydrogen-bond acceptors (Lipinski definition) is 3. The first-order chi connectivity index (χ1) is 8.76. The predicted molar refractivity (Wildman–Crippen MR) is 71.4 cm³/mol. The van der Waals surface area contributed by atoms with E-state index in [0.29, 0.717) is 24.9 Å². The first-order valence-corrected chi connectivity index (χ1v) is 6.50. The Hall–Kier alpha value is -1.13. The zero-order valence-corrected chi connectivity index (χ0v) is 10.9. The molecule has 4 heteroatoms. The summed E-state index contributed by atoms with van der Waals surface area (Å²) in [6, 6.07) is 5.92. The van der Waals surface area contributed by atoms with Crippen LogP contribution in [0.15, 0.2) is 18.2 Å². The molecule has 0 atom stereocenters. The zero-order chi connectivity index (χ0) is 13.0. The maximum Gasteiger partial charge on any atom is 0.146 e. The highest BCUT2D eigenvalue weighted by molar-refractivity contribution is 5.51. The Labute approximate surface area is 108 Å². The largest absolute Gasteiger partial charge is 0.383 e. The van der Waals surface area contributed by atoms with Gasteiger partial charge >= 0.3 is 0 Å². The van der Waals surface area contributed by atoms with E-state index in [1.54, 1.807) is 13.2 Å². The van der Waals surface area contributed by atoms with Crippen molar-refractivity contribution in [2.45, 2.75) is 25.3 Å². The minimum absolute atomic E-state index is 0.149. The second kappa shape index (κ2) is 6.16. The van der Waals surface area contributed by atoms with Crippen LogP contribution in [0.5, 0.6) is 0 Å². The van der Waals surface area contributed by atoms with Crippen LogP contribution in [-0.4, -0.2) is 32.8 Å². The third-order valence-electron chi connectivity index (χ3n) is 3.28. The van der Waals surface area contributed by atoms with Gasteiger partial charge in [0.25, 0.3) is 0 Å². The number of rotatable bonds is 7. The van der Waals surface area contributed by atoms with Crippen LogP contribution in [0.1, 0.15) is 18.4 Å². The molecule has 18 heavy (non-hydrogen) atoms. The van der Waals surface area contributed by atoms with Crippen LogP contribution in [0.3, 0.4) is 0 Å². The zero-order valence-electron chi connectivity index (χ0n) is 10.9. The van der Waals surface area contributed by atoms with Crippen molar-refractivity contribution in [2.24, 2.45) is 5.73 Å². The second-order valence-electron chi connectivity index (χ2n) is 4.74. The van der Waals surface area contributed by atoms with E-state index in [9.17, 15) is 4.39 Å². The van der Waals surface area contributed by atoms with Crippen molar-refractivity contribution in [1.82, 2.24) is 0 Å². The van der Waals surface area contributed by atoms with Gasteiger partial charge in [-0.05, 0) is 43.5 Å². The third kappa shape index (κ3) is 3.21. The van der Waals surface area contributed by atoms with Crippen LogP contribution in [0.4, 0.5) is 10.1 Å². The average molecular weight is 252 g/mol. The molecule has 0 saturated heterocycles. The molecule has 2 rings (SSSR count). The smallest absolute Gasteiger partial charge is 0.146 e. The molecule has 100 valence electrons. The highest BCUT2D eigenvalue weighted by Gasteiger charge is 2.30. The summed E-state index contributed by atoms with van der Waals surface area (Å²) in [5.74, 6) is -0.149. The van der Waals surface area contributed by atoms with E-state index in [0.717, 1.165) is 31.4 Å². The first-order valence-electron chi connectivity index (χ1n) is 6.50. The van der Waals surface area contributed by atoms with Gasteiger partial charge in [-0.15, -0.1) is 0 Å². The molecule has 1 fully saturated rings. The number of hydrogen-bond donors (Lipinski definition) is 1. The minimum atomic E-state index is -0.149. The molecule has 0 radical (unpaired) electrons. The molecule has 0 spiro atoms. The molecular formula is C14H21FN2O. The molecular weight excluding hydrogens is 231 g/mol. The summed E-state index contributed by atoms with van der Waals surface area (Å²) in [6.45, 7) is 1.92. The summed E-state index contributed by atoms with van der Waals surface area (Å²) in [4.78, 5) is 2.12. The summed E-state index contributed by atoms with van der Waals surface area (Å²) >= 11 is 0. The highest BCUT2D eigenvalue weighted by atomic mass is 19.1. The molecule has 0 bridgehead atoms. The number of benzene rings is 1. The summed E-state index contributed by atoms with van der Waals surface area (Å²) < 4.78 is 19.2. The monoisotopic (exact) mass is 252 g/mol. The maximum atomic E-state index is 14.1. The molecule has 2 N–H and O–H groups in total. The van der Waals surface area contributed by atoms with Gasteiger partial charge in [-0.2, -0.15) is 0 Å². The molecule has 0 aliphatic heterocycles. The van der Waals surface area contributed by atoms with Gasteiger partial charge in [-0.1, -0.05) is 6.07 Å². The lowest BCUT2D eigenvalue weighted by molar-refractivity contribution is 0.204. The topological polar surface area (TPSA) is 38.5 Å². The van der Waals surface area contributed by atoms with Crippen molar-refractivity contribution in [1.29, 1.82) is 0 Å². The van der Waals surface area contributed by atoms with Gasteiger partial charge < -0.3 is 15.4 Å². The molecule has 1 aliphatic rings. The van der Waals surface area contributed by atoms with Crippen molar-refractivity contribution in [3.8, 4) is 0 Å². The van der Waals surface area contributed by atoms with Crippen LogP contribution < -0.4 is 10.6 Å². The van der Waals surface area contributed by atoms with Gasteiger partial charge in [0.2, 0.25) is 0 Å². The van der Waals surface area contributed by atoms with Crippen LogP contribution in [0, 0.1) is 5.82 Å². The van der Waals surface area contributed by atoms with Crippen LogP contribution in [0.25, 0.3) is 0 Å². The lowest BCUT2D eigenvalue weighted by atomic mass is 10.1. The minimum Gasteiger partial charge on any atom is -0.383 e. The molecule has 3 nitrogen and oxygen atoms in total. The van der Waals surface area contributed by atoms with Crippen molar-refractivity contribution < 1.29 is 9.13 Å². The first kappa shape index (κ1) is 13.3. The Bertz CT molecular complexity index is 393. The quantitative estimate of drug-likeness (QED) is 0.806. The molecule has 1 aromatic carbocycles. The summed E-state index contributed by atoms with van der Waals surface area (Å²) in [7, 11) is 1.67. The van der Waals surface area contributed by atoms with E-state index in [4.69, 9.17) is 10.5 Å². The summed E-state index contributed by atoms with van der Waals surface area (Å²) in [5.41, 5.74) is 7.13. The normalized spacial score (nSPS) is 14.8. The van der Waals surface area contributed by atoms with E-state index < -0.39 is 0 Å². The number of nitrogens with two attached hydrogens (primary N) is 1. The number of halogens is 1. The van der Waals surface area contributed by atoms with Gasteiger partial charge in [0, 0.05) is 19.7 Å². The lowest BCUT2D eigenvalue weighted by Gasteiger charge is -2.25. The number of nitrogens with zero attached hydrogens (tertiary/aromatic N) is 1. The highest BCUT2D eigenvalue weighted by Crippen LogP contribution is 2.33. The standard InChI is InChI=1S/C14H21FN2O/c1-18-9-8-17(12-3-4-12)14-5-2-11(6-7-16)10-13(14)15/h2,5,10,12H,3-4,6-9,16H2,1H3. The Morgan fingerprint density at radius 1 is 1.44 bits per heavy atom. The molecule has 0 heterocycles. The fraction of sp³-hybridized carbons (Fsp3) is 0.571. The van der Waals surface area contributed by atoms with Crippen molar-refractivity contribution in [3.63, 3.8) is 0 Å². The Balaban J connectivity index is 2.13. The van der Waals surface area contributed by atoms with Gasteiger partial charge in [0.15, 0.2) is 0 Å². The van der Waals surface area contributed by atoms with E-state index in [-0.39, 0.29) is 5.82 Å². The number of ether oxygens (including phenoxy) is 1. The van der Waals surface area contributed by atoms with Crippen molar-refractivity contribution in [2.75, 3.05) is 31.7 Å². The predicted octanol–water partition coefficient (Wildman–Crippen LogP) is 1.94. The van der Waals surface area contributed by atoms with E-state index in [1.807, 2.05) is 12.1 Å². The van der Waals surface area contributed by atoms with Gasteiger partial charge in [-0.25, -0.2) is 4.39 Å². The Kier molecular flexibility index (Phi) is 4.55. The molecule has 0 unspecified atom stereocenters. The molecule has 0 aromatic heterocycles. The van der Waals surface area contributed by atoms with Gasteiger partial charge in [0.05, 0.1) is 12.3 Å². The maximum absolute atomic E-state index is 14.1. The molecule has 1 aliphatic carbocycles. The fourth-order valence-corrected chi connectivity index (χ4v) is 2.18. The SMILES string of the molecule is COCCN(c1ccc(CCN)cc1F)C1CC1. The van der Waals surface area contributed by atoms with Crippen LogP contribution >= 0.6 is 0 Å². The number of anilines is 1. The van der Waals surface area contributed by atoms with E-state index in [2.05, 4.69) is 4.90 Å². The van der Waals surface area contributed by atoms with E-state index in [1.165, 1.54) is 0 Å². The van der Waals surface area contributed by atoms with Gasteiger partial charge in [0.1, 0.15) is 5.82 Å².